The van der Waals surface area contributed by atoms with Crippen molar-refractivity contribution in [3.63, 3.8) is 0 Å². The molecule has 3 rings (SSSR count). The van der Waals surface area contributed by atoms with Gasteiger partial charge in [0, 0.05) is 5.92 Å². The van der Waals surface area contributed by atoms with Gasteiger partial charge in [-0.2, -0.15) is 0 Å². The van der Waals surface area contributed by atoms with E-state index in [4.69, 9.17) is 0 Å². The highest BCUT2D eigenvalue weighted by Crippen LogP contribution is 2.73. The van der Waals surface area contributed by atoms with E-state index in [1.54, 1.807) is 6.92 Å². The van der Waals surface area contributed by atoms with Crippen LogP contribution in [-0.2, 0) is 9.59 Å². The Bertz CT molecular complexity index is 644. The fourth-order valence-electron chi connectivity index (χ4n) is 3.87. The molecule has 21 heavy (non-hydrogen) atoms. The molecule has 1 saturated carbocycles. The predicted molar refractivity (Wildman–Crippen MR) is 81.5 cm³/mol. The first-order valence-corrected chi connectivity index (χ1v) is 7.42. The van der Waals surface area contributed by atoms with Crippen LogP contribution in [0, 0.1) is 16.7 Å². The Morgan fingerprint density at radius 1 is 1.24 bits per heavy atom. The highest BCUT2D eigenvalue weighted by Gasteiger charge is 2.79. The fraction of sp³-hybridized carbons (Fsp3) is 0.444. The molecule has 0 bridgehead atoms. The summed E-state index contributed by atoms with van der Waals surface area (Å²) in [6.45, 7) is 7.79. The molecule has 1 aromatic rings. The lowest BCUT2D eigenvalue weighted by Crippen LogP contribution is -2.35. The van der Waals surface area contributed by atoms with E-state index in [2.05, 4.69) is 5.32 Å². The van der Waals surface area contributed by atoms with Crippen molar-refractivity contribution < 1.29 is 9.59 Å². The van der Waals surface area contributed by atoms with Crippen LogP contribution < -0.4 is 5.32 Å². The molecule has 0 aliphatic heterocycles. The van der Waals surface area contributed by atoms with Crippen LogP contribution in [0.1, 0.15) is 39.3 Å². The lowest BCUT2D eigenvalue weighted by molar-refractivity contribution is -0.127. The monoisotopic (exact) mass is 283 g/mol. The van der Waals surface area contributed by atoms with E-state index >= 15 is 0 Å². The molecule has 110 valence electrons. The second-order valence-corrected chi connectivity index (χ2v) is 6.82. The zero-order valence-electron chi connectivity index (χ0n) is 12.9. The van der Waals surface area contributed by atoms with Gasteiger partial charge in [0.25, 0.3) is 0 Å². The zero-order chi connectivity index (χ0) is 15.4. The van der Waals surface area contributed by atoms with E-state index in [9.17, 15) is 9.59 Å². The minimum atomic E-state index is -0.642. The van der Waals surface area contributed by atoms with Crippen molar-refractivity contribution in [1.82, 2.24) is 5.32 Å². The Morgan fingerprint density at radius 2 is 1.86 bits per heavy atom. The van der Waals surface area contributed by atoms with Crippen molar-refractivity contribution >= 4 is 11.7 Å². The van der Waals surface area contributed by atoms with Crippen LogP contribution in [0.2, 0.25) is 0 Å². The second-order valence-electron chi connectivity index (χ2n) is 6.82. The first kappa shape index (κ1) is 14.1. The van der Waals surface area contributed by atoms with Crippen LogP contribution in [0.15, 0.2) is 42.0 Å². The number of amides is 1. The van der Waals surface area contributed by atoms with Gasteiger partial charge in [-0.1, -0.05) is 50.3 Å². The molecule has 1 amide bonds. The lowest BCUT2D eigenvalue weighted by atomic mass is 9.92. The molecule has 0 saturated heterocycles. The molecule has 1 fully saturated rings. The molecule has 0 unspecified atom stereocenters. The Kier molecular flexibility index (Phi) is 2.88. The number of allylic oxidation sites excluding steroid dienone is 1. The topological polar surface area (TPSA) is 46.2 Å². The third-order valence-corrected chi connectivity index (χ3v) is 5.28. The molecule has 2 aliphatic carbocycles. The summed E-state index contributed by atoms with van der Waals surface area (Å²) in [6, 6.07) is 9.82. The van der Waals surface area contributed by atoms with E-state index in [1.165, 1.54) is 0 Å². The van der Waals surface area contributed by atoms with Gasteiger partial charge in [0.1, 0.15) is 0 Å². The maximum absolute atomic E-state index is 12.8. The number of Topliss-reactive ketones (excluding diaryl/α,β-unsaturated/α-hetero) is 1. The molecule has 0 heterocycles. The number of carbonyl (C=O) groups is 2. The van der Waals surface area contributed by atoms with Gasteiger partial charge in [-0.05, 0) is 30.4 Å². The Balaban J connectivity index is 1.83. The maximum Gasteiger partial charge on any atom is 0.231 e. The minimum Gasteiger partial charge on any atom is -0.349 e. The van der Waals surface area contributed by atoms with Crippen molar-refractivity contribution in [2.75, 3.05) is 0 Å². The van der Waals surface area contributed by atoms with E-state index in [-0.39, 0.29) is 29.1 Å². The quantitative estimate of drug-likeness (QED) is 0.926. The molecule has 1 aromatic carbocycles. The van der Waals surface area contributed by atoms with Crippen molar-refractivity contribution in [1.29, 1.82) is 0 Å². The van der Waals surface area contributed by atoms with Crippen molar-refractivity contribution in [3.8, 4) is 0 Å². The van der Waals surface area contributed by atoms with Crippen LogP contribution in [0.25, 0.3) is 0 Å². The number of benzene rings is 1. The van der Waals surface area contributed by atoms with Gasteiger partial charge in [0.2, 0.25) is 5.91 Å². The Morgan fingerprint density at radius 3 is 2.43 bits per heavy atom. The van der Waals surface area contributed by atoms with Crippen LogP contribution >= 0.6 is 0 Å². The molecule has 3 heteroatoms. The number of hydrogen-bond acceptors (Lipinski definition) is 2. The van der Waals surface area contributed by atoms with Gasteiger partial charge in [0.15, 0.2) is 5.78 Å². The number of fused-ring (bicyclic) bond motifs is 1. The number of nitrogens with one attached hydrogen (secondary N) is 1. The predicted octanol–water partition coefficient (Wildman–Crippen LogP) is 3.04. The van der Waals surface area contributed by atoms with Gasteiger partial charge in [-0.25, -0.2) is 0 Å². The zero-order valence-corrected chi connectivity index (χ0v) is 12.9. The Labute approximate surface area is 125 Å². The molecule has 0 spiro atoms. The summed E-state index contributed by atoms with van der Waals surface area (Å²) in [4.78, 5) is 25.0. The molecule has 0 radical (unpaired) electrons. The molecule has 2 aliphatic rings. The van der Waals surface area contributed by atoms with Crippen molar-refractivity contribution in [2.45, 2.75) is 33.7 Å². The molecular formula is C18H21NO2. The summed E-state index contributed by atoms with van der Waals surface area (Å²) >= 11 is 0. The third kappa shape index (κ3) is 1.73. The van der Waals surface area contributed by atoms with Crippen LogP contribution in [0.5, 0.6) is 0 Å². The summed E-state index contributed by atoms with van der Waals surface area (Å²) in [5, 5.41) is 3.08. The largest absolute Gasteiger partial charge is 0.349 e. The minimum absolute atomic E-state index is 0.0287. The summed E-state index contributed by atoms with van der Waals surface area (Å²) in [5.74, 6) is -0.0884. The van der Waals surface area contributed by atoms with E-state index < -0.39 is 5.41 Å². The standard InChI is InChI=1S/C18H21NO2/c1-11-10-18(15(14(11)20)17(18,3)4)16(21)19-12(2)13-8-6-5-7-9-13/h5-10,12,15H,1-4H3,(H,19,21)/t12-,15-,18-/m1/s1. The summed E-state index contributed by atoms with van der Waals surface area (Å²) in [7, 11) is 0. The third-order valence-electron chi connectivity index (χ3n) is 5.28. The normalized spacial score (nSPS) is 30.4. The van der Waals surface area contributed by atoms with Gasteiger partial charge in [0.05, 0.1) is 11.5 Å². The highest BCUT2D eigenvalue weighted by atomic mass is 16.2. The van der Waals surface area contributed by atoms with Gasteiger partial charge >= 0.3 is 0 Å². The lowest BCUT2D eigenvalue weighted by Gasteiger charge is -2.20. The highest BCUT2D eigenvalue weighted by molar-refractivity contribution is 6.12. The fourth-order valence-corrected chi connectivity index (χ4v) is 3.87. The average molecular weight is 283 g/mol. The number of rotatable bonds is 3. The van der Waals surface area contributed by atoms with Crippen LogP contribution in [0.3, 0.4) is 0 Å². The summed E-state index contributed by atoms with van der Waals surface area (Å²) in [6.07, 6.45) is 1.88. The molecular weight excluding hydrogens is 262 g/mol. The smallest absolute Gasteiger partial charge is 0.231 e. The van der Waals surface area contributed by atoms with Gasteiger partial charge in [-0.3, -0.25) is 9.59 Å². The molecule has 0 aromatic heterocycles. The van der Waals surface area contributed by atoms with Crippen LogP contribution in [0.4, 0.5) is 0 Å². The van der Waals surface area contributed by atoms with Crippen molar-refractivity contribution in [2.24, 2.45) is 16.7 Å². The van der Waals surface area contributed by atoms with E-state index in [1.807, 2.05) is 57.2 Å². The SMILES string of the molecule is CC1=C[C@]2(C(=O)N[C@H](C)c3ccccc3)[C@H](C1=O)C2(C)C. The van der Waals surface area contributed by atoms with E-state index in [0.29, 0.717) is 0 Å². The summed E-state index contributed by atoms with van der Waals surface area (Å²) < 4.78 is 0. The number of hydrogen-bond donors (Lipinski definition) is 1. The molecule has 3 atom stereocenters. The van der Waals surface area contributed by atoms with Crippen LogP contribution in [-0.4, -0.2) is 11.7 Å². The first-order valence-electron chi connectivity index (χ1n) is 7.42. The summed E-state index contributed by atoms with van der Waals surface area (Å²) in [5.41, 5.74) is 0.880. The van der Waals surface area contributed by atoms with Gasteiger partial charge in [-0.15, -0.1) is 0 Å². The number of carbonyl (C=O) groups excluding carboxylic acids is 2. The average Bonchev–Trinajstić information content (AvgIpc) is 2.78. The maximum atomic E-state index is 12.8. The molecule has 3 nitrogen and oxygen atoms in total. The number of ketones is 1. The van der Waals surface area contributed by atoms with Crippen molar-refractivity contribution in [3.05, 3.63) is 47.5 Å². The Hall–Kier alpha value is -1.90. The van der Waals surface area contributed by atoms with Gasteiger partial charge < -0.3 is 5.32 Å². The van der Waals surface area contributed by atoms with E-state index in [0.717, 1.165) is 11.1 Å². The molecule has 1 N–H and O–H groups in total. The first-order chi connectivity index (χ1) is 9.82. The second kappa shape index (κ2) is 4.30.